The molecule has 0 spiro atoms. The van der Waals surface area contributed by atoms with Crippen molar-refractivity contribution in [1.29, 1.82) is 5.41 Å². The Morgan fingerprint density at radius 3 is 2.94 bits per heavy atom. The second-order valence-corrected chi connectivity index (χ2v) is 5.26. The van der Waals surface area contributed by atoms with E-state index >= 15 is 0 Å². The van der Waals surface area contributed by atoms with E-state index < -0.39 is 0 Å². The van der Waals surface area contributed by atoms with Crippen LogP contribution in [0.4, 0.5) is 0 Å². The van der Waals surface area contributed by atoms with E-state index in [1.54, 1.807) is 0 Å². The van der Waals surface area contributed by atoms with E-state index in [4.69, 9.17) is 5.41 Å². The zero-order valence-corrected chi connectivity index (χ0v) is 12.1. The van der Waals surface area contributed by atoms with Gasteiger partial charge < -0.3 is 15.4 Å². The van der Waals surface area contributed by atoms with Gasteiger partial charge in [0.2, 0.25) is 5.91 Å². The highest BCUT2D eigenvalue weighted by Gasteiger charge is 2.19. The van der Waals surface area contributed by atoms with Crippen LogP contribution in [0.5, 0.6) is 0 Å². The van der Waals surface area contributed by atoms with Crippen molar-refractivity contribution in [3.05, 3.63) is 11.8 Å². The summed E-state index contributed by atoms with van der Waals surface area (Å²) >= 11 is 1.51. The van der Waals surface area contributed by atoms with Gasteiger partial charge in [0.15, 0.2) is 0 Å². The molecule has 1 rings (SSSR count). The first-order chi connectivity index (χ1) is 8.54. The Morgan fingerprint density at radius 1 is 1.67 bits per heavy atom. The van der Waals surface area contributed by atoms with Crippen molar-refractivity contribution in [3.63, 3.8) is 0 Å². The molecule has 0 aromatic rings. The normalized spacial score (nSPS) is 17.8. The van der Waals surface area contributed by atoms with E-state index in [-0.39, 0.29) is 5.91 Å². The fourth-order valence-electron chi connectivity index (χ4n) is 1.87. The number of rotatable bonds is 6. The van der Waals surface area contributed by atoms with E-state index in [0.29, 0.717) is 31.3 Å². The largest absolute Gasteiger partial charge is 0.354 e. The van der Waals surface area contributed by atoms with Crippen molar-refractivity contribution in [2.75, 3.05) is 32.4 Å². The van der Waals surface area contributed by atoms with E-state index in [1.165, 1.54) is 11.9 Å². The van der Waals surface area contributed by atoms with Crippen LogP contribution >= 0.6 is 11.9 Å². The van der Waals surface area contributed by atoms with Crippen LogP contribution in [0.1, 0.15) is 13.8 Å². The Morgan fingerprint density at radius 2 is 2.39 bits per heavy atom. The van der Waals surface area contributed by atoms with E-state index in [1.807, 2.05) is 17.4 Å². The van der Waals surface area contributed by atoms with Gasteiger partial charge in [0.25, 0.3) is 0 Å². The first-order valence-corrected chi connectivity index (χ1v) is 7.32. The lowest BCUT2D eigenvalue weighted by Crippen LogP contribution is -2.49. The molecule has 0 radical (unpaired) electrons. The van der Waals surface area contributed by atoms with Gasteiger partial charge in [-0.25, -0.2) is 0 Å². The molecule has 1 saturated heterocycles. The lowest BCUT2D eigenvalue weighted by atomic mass is 9.99. The minimum atomic E-state index is 0.0476. The van der Waals surface area contributed by atoms with Crippen LogP contribution in [0.25, 0.3) is 0 Å². The lowest BCUT2D eigenvalue weighted by Gasteiger charge is -2.27. The monoisotopic (exact) mass is 270 g/mol. The summed E-state index contributed by atoms with van der Waals surface area (Å²) in [5.41, 5.74) is 1.58. The molecule has 0 aromatic carbocycles. The summed E-state index contributed by atoms with van der Waals surface area (Å²) in [5.74, 6) is 0.349. The summed E-state index contributed by atoms with van der Waals surface area (Å²) < 4.78 is 3.07. The molecule has 18 heavy (non-hydrogen) atoms. The molecule has 102 valence electrons. The summed E-state index contributed by atoms with van der Waals surface area (Å²) in [5, 5.41) is 11.0. The summed E-state index contributed by atoms with van der Waals surface area (Å²) in [6.45, 7) is 6.57. The quantitative estimate of drug-likeness (QED) is 0.494. The molecule has 0 bridgehead atoms. The van der Waals surface area contributed by atoms with Gasteiger partial charge in [-0.3, -0.25) is 9.69 Å². The average molecular weight is 270 g/mol. The Hall–Kier alpha value is -1.01. The molecule has 0 unspecified atom stereocenters. The maximum absolute atomic E-state index is 11.3. The van der Waals surface area contributed by atoms with Gasteiger partial charge in [-0.15, -0.1) is 0 Å². The summed E-state index contributed by atoms with van der Waals surface area (Å²) in [6, 6.07) is 0. The van der Waals surface area contributed by atoms with E-state index in [0.717, 1.165) is 12.1 Å². The molecular formula is C12H22N4OS. The Balaban J connectivity index is 2.58. The second kappa shape index (κ2) is 7.43. The third-order valence-electron chi connectivity index (χ3n) is 2.80. The first-order valence-electron chi connectivity index (χ1n) is 6.10. The minimum absolute atomic E-state index is 0.0476. The van der Waals surface area contributed by atoms with Crippen LogP contribution in [-0.2, 0) is 4.79 Å². The predicted octanol–water partition coefficient (Wildman–Crippen LogP) is 0.845. The molecule has 1 heterocycles. The summed E-state index contributed by atoms with van der Waals surface area (Å²) in [6.07, 6.45) is 3.84. The van der Waals surface area contributed by atoms with Crippen molar-refractivity contribution >= 4 is 23.6 Å². The maximum Gasteiger partial charge on any atom is 0.234 e. The molecule has 1 amide bonds. The molecule has 0 aromatic heterocycles. The number of nitrogens with zero attached hydrogens (tertiary/aromatic N) is 1. The Bertz CT molecular complexity index is 341. The van der Waals surface area contributed by atoms with Crippen molar-refractivity contribution in [2.45, 2.75) is 13.8 Å². The van der Waals surface area contributed by atoms with Crippen LogP contribution in [0.2, 0.25) is 0 Å². The van der Waals surface area contributed by atoms with Gasteiger partial charge in [0, 0.05) is 32.1 Å². The van der Waals surface area contributed by atoms with E-state index in [9.17, 15) is 4.79 Å². The standard InChI is InChI=1S/C12H22N4OS/c1-9(2)10(6-15-18-3)11(13)7-16-5-4-14-12(17)8-16/h6,9,13,15H,4-5,7-8H2,1-3H3,(H,14,17)/b10-6-,13-11?. The van der Waals surface area contributed by atoms with Crippen molar-refractivity contribution < 1.29 is 4.79 Å². The zero-order valence-electron chi connectivity index (χ0n) is 11.2. The number of piperazine rings is 1. The minimum Gasteiger partial charge on any atom is -0.354 e. The molecule has 0 saturated carbocycles. The molecular weight excluding hydrogens is 248 g/mol. The molecule has 1 fully saturated rings. The highest BCUT2D eigenvalue weighted by Crippen LogP contribution is 2.12. The van der Waals surface area contributed by atoms with Gasteiger partial charge in [-0.05, 0) is 11.5 Å². The SMILES string of the molecule is CSN/C=C(\C(=N)CN1CCNC(=O)C1)C(C)C. The molecule has 3 N–H and O–H groups in total. The van der Waals surface area contributed by atoms with Crippen LogP contribution in [0, 0.1) is 11.3 Å². The van der Waals surface area contributed by atoms with Gasteiger partial charge >= 0.3 is 0 Å². The van der Waals surface area contributed by atoms with Gasteiger partial charge in [-0.2, -0.15) is 0 Å². The van der Waals surface area contributed by atoms with Crippen LogP contribution < -0.4 is 10.0 Å². The molecule has 0 atom stereocenters. The lowest BCUT2D eigenvalue weighted by molar-refractivity contribution is -0.123. The zero-order chi connectivity index (χ0) is 13.5. The average Bonchev–Trinajstić information content (AvgIpc) is 2.29. The summed E-state index contributed by atoms with van der Waals surface area (Å²) in [4.78, 5) is 13.3. The Labute approximate surface area is 113 Å². The van der Waals surface area contributed by atoms with Crippen LogP contribution in [0.15, 0.2) is 11.8 Å². The third-order valence-corrected chi connectivity index (χ3v) is 3.16. The number of hydrogen-bond acceptors (Lipinski definition) is 5. The third kappa shape index (κ3) is 4.70. The molecule has 6 heteroatoms. The first kappa shape index (κ1) is 15.0. The Kier molecular flexibility index (Phi) is 6.21. The van der Waals surface area contributed by atoms with Crippen LogP contribution in [-0.4, -0.2) is 49.0 Å². The molecule has 1 aliphatic rings. The predicted molar refractivity (Wildman–Crippen MR) is 76.7 cm³/mol. The smallest absolute Gasteiger partial charge is 0.234 e. The van der Waals surface area contributed by atoms with Crippen molar-refractivity contribution in [1.82, 2.24) is 14.9 Å². The fourth-order valence-corrected chi connectivity index (χ4v) is 2.11. The number of carbonyl (C=O) groups is 1. The highest BCUT2D eigenvalue weighted by molar-refractivity contribution is 7.96. The van der Waals surface area contributed by atoms with E-state index in [2.05, 4.69) is 23.9 Å². The molecule has 0 aliphatic carbocycles. The van der Waals surface area contributed by atoms with Crippen molar-refractivity contribution in [2.24, 2.45) is 5.92 Å². The van der Waals surface area contributed by atoms with Gasteiger partial charge in [0.05, 0.1) is 12.3 Å². The second-order valence-electron chi connectivity index (χ2n) is 4.62. The van der Waals surface area contributed by atoms with Crippen molar-refractivity contribution in [3.8, 4) is 0 Å². The van der Waals surface area contributed by atoms with Gasteiger partial charge in [-0.1, -0.05) is 25.8 Å². The topological polar surface area (TPSA) is 68.2 Å². The molecule has 5 nitrogen and oxygen atoms in total. The highest BCUT2D eigenvalue weighted by atomic mass is 32.2. The summed E-state index contributed by atoms with van der Waals surface area (Å²) in [7, 11) is 0. The number of carbonyl (C=O) groups excluding carboxylic acids is 1. The number of nitrogens with one attached hydrogen (secondary N) is 3. The van der Waals surface area contributed by atoms with Crippen LogP contribution in [0.3, 0.4) is 0 Å². The molecule has 1 aliphatic heterocycles. The number of hydrogen-bond donors (Lipinski definition) is 3. The maximum atomic E-state index is 11.3. The number of amides is 1. The van der Waals surface area contributed by atoms with Gasteiger partial charge in [0.1, 0.15) is 0 Å². The fraction of sp³-hybridized carbons (Fsp3) is 0.667.